The maximum Gasteiger partial charge on any atom is 0.326 e. The number of aliphatic carboxylic acids is 1. The first kappa shape index (κ1) is 19.8. The molecule has 0 aromatic heterocycles. The Morgan fingerprint density at radius 1 is 1.38 bits per heavy atom. The van der Waals surface area contributed by atoms with Crippen LogP contribution in [0.15, 0.2) is 34.8 Å². The smallest absolute Gasteiger partial charge is 0.326 e. The molecular weight excluding hydrogens is 438 g/mol. The summed E-state index contributed by atoms with van der Waals surface area (Å²) in [6.45, 7) is 5.68. The predicted octanol–water partition coefficient (Wildman–Crippen LogP) is 4.21. The monoisotopic (exact) mass is 459 g/mol. The van der Waals surface area contributed by atoms with Crippen LogP contribution in [-0.2, 0) is 16.0 Å². The van der Waals surface area contributed by atoms with Crippen LogP contribution in [0.1, 0.15) is 49.8 Å². The van der Waals surface area contributed by atoms with E-state index < -0.39 is 17.9 Å². The molecule has 2 aliphatic heterocycles. The number of anilines is 1. The lowest BCUT2D eigenvalue weighted by Gasteiger charge is -2.24. The van der Waals surface area contributed by atoms with Crippen molar-refractivity contribution in [2.45, 2.75) is 51.2 Å². The second kappa shape index (κ2) is 6.76. The number of halogens is 1. The SMILES string of the molecule is CCC(C(=O)O)N1C(=O)C(c2cc3c(cc2O)OC(C)(C)C3)c2c(Br)cccc21. The van der Waals surface area contributed by atoms with Crippen LogP contribution in [0.2, 0.25) is 0 Å². The van der Waals surface area contributed by atoms with Crippen molar-refractivity contribution in [1.29, 1.82) is 0 Å². The summed E-state index contributed by atoms with van der Waals surface area (Å²) in [4.78, 5) is 26.7. The molecule has 2 heterocycles. The number of phenolic OH excluding ortho intramolecular Hbond substituents is 1. The molecule has 0 spiro atoms. The molecular formula is C22H22BrNO5. The van der Waals surface area contributed by atoms with Crippen LogP contribution in [0.5, 0.6) is 11.5 Å². The quantitative estimate of drug-likeness (QED) is 0.714. The molecule has 2 atom stereocenters. The van der Waals surface area contributed by atoms with Crippen LogP contribution in [0.25, 0.3) is 0 Å². The van der Waals surface area contributed by atoms with Crippen molar-refractivity contribution in [2.24, 2.45) is 0 Å². The molecule has 152 valence electrons. The van der Waals surface area contributed by atoms with Crippen molar-refractivity contribution in [3.8, 4) is 11.5 Å². The summed E-state index contributed by atoms with van der Waals surface area (Å²) in [7, 11) is 0. The van der Waals surface area contributed by atoms with Gasteiger partial charge in [-0.05, 0) is 44.0 Å². The second-order valence-electron chi connectivity index (χ2n) is 8.13. The van der Waals surface area contributed by atoms with Gasteiger partial charge in [-0.25, -0.2) is 4.79 Å². The highest BCUT2D eigenvalue weighted by atomic mass is 79.9. The Hall–Kier alpha value is -2.54. The average molecular weight is 460 g/mol. The zero-order chi connectivity index (χ0) is 21.1. The number of aromatic hydroxyl groups is 1. The van der Waals surface area contributed by atoms with Crippen molar-refractivity contribution in [3.63, 3.8) is 0 Å². The number of carbonyl (C=O) groups excluding carboxylic acids is 1. The van der Waals surface area contributed by atoms with Crippen LogP contribution in [0.4, 0.5) is 5.69 Å². The normalized spacial score (nSPS) is 20.2. The molecule has 2 aromatic rings. The van der Waals surface area contributed by atoms with Crippen LogP contribution >= 0.6 is 15.9 Å². The van der Waals surface area contributed by atoms with Gasteiger partial charge in [-0.15, -0.1) is 0 Å². The fourth-order valence-electron chi connectivity index (χ4n) is 4.37. The number of phenols is 1. The van der Waals surface area contributed by atoms with Crippen LogP contribution < -0.4 is 9.64 Å². The zero-order valence-electron chi connectivity index (χ0n) is 16.4. The number of amides is 1. The predicted molar refractivity (Wildman–Crippen MR) is 112 cm³/mol. The molecule has 2 aliphatic rings. The maximum absolute atomic E-state index is 13.5. The summed E-state index contributed by atoms with van der Waals surface area (Å²) in [5.41, 5.74) is 2.23. The molecule has 2 unspecified atom stereocenters. The summed E-state index contributed by atoms with van der Waals surface area (Å²) < 4.78 is 6.58. The number of benzene rings is 2. The molecule has 29 heavy (non-hydrogen) atoms. The molecule has 4 rings (SSSR count). The topological polar surface area (TPSA) is 87.1 Å². The summed E-state index contributed by atoms with van der Waals surface area (Å²) in [5, 5.41) is 20.4. The van der Waals surface area contributed by atoms with Crippen molar-refractivity contribution in [2.75, 3.05) is 4.90 Å². The van der Waals surface area contributed by atoms with Gasteiger partial charge in [0.1, 0.15) is 23.1 Å². The average Bonchev–Trinajstić information content (AvgIpc) is 3.08. The van der Waals surface area contributed by atoms with Crippen LogP contribution in [0.3, 0.4) is 0 Å². The van der Waals surface area contributed by atoms with Gasteiger partial charge in [-0.2, -0.15) is 0 Å². The van der Waals surface area contributed by atoms with Crippen LogP contribution in [0, 0.1) is 0 Å². The largest absolute Gasteiger partial charge is 0.507 e. The zero-order valence-corrected chi connectivity index (χ0v) is 18.0. The maximum atomic E-state index is 13.5. The highest BCUT2D eigenvalue weighted by molar-refractivity contribution is 9.10. The van der Waals surface area contributed by atoms with Gasteiger partial charge in [-0.3, -0.25) is 9.69 Å². The summed E-state index contributed by atoms with van der Waals surface area (Å²) in [6, 6.07) is 7.75. The van der Waals surface area contributed by atoms with E-state index in [-0.39, 0.29) is 23.7 Å². The van der Waals surface area contributed by atoms with Gasteiger partial charge in [0, 0.05) is 28.1 Å². The Morgan fingerprint density at radius 3 is 2.76 bits per heavy atom. The van der Waals surface area contributed by atoms with Gasteiger partial charge in [0.15, 0.2) is 0 Å². The molecule has 1 amide bonds. The summed E-state index contributed by atoms with van der Waals surface area (Å²) in [5.74, 6) is -1.62. The lowest BCUT2D eigenvalue weighted by Crippen LogP contribution is -2.43. The Bertz CT molecular complexity index is 1030. The van der Waals surface area contributed by atoms with E-state index in [1.807, 2.05) is 26.0 Å². The highest BCUT2D eigenvalue weighted by Crippen LogP contribution is 2.50. The molecule has 0 fully saturated rings. The number of hydrogen-bond donors (Lipinski definition) is 2. The lowest BCUT2D eigenvalue weighted by molar-refractivity contribution is -0.140. The number of carbonyl (C=O) groups is 2. The Balaban J connectivity index is 1.88. The van der Waals surface area contributed by atoms with E-state index in [4.69, 9.17) is 4.74 Å². The Morgan fingerprint density at radius 2 is 2.10 bits per heavy atom. The van der Waals surface area contributed by atoms with Crippen molar-refractivity contribution in [1.82, 2.24) is 0 Å². The minimum Gasteiger partial charge on any atom is -0.507 e. The van der Waals surface area contributed by atoms with Gasteiger partial charge in [0.25, 0.3) is 0 Å². The molecule has 0 saturated heterocycles. The van der Waals surface area contributed by atoms with E-state index in [1.165, 1.54) is 4.90 Å². The summed E-state index contributed by atoms with van der Waals surface area (Å²) in [6.07, 6.45) is 0.938. The van der Waals surface area contributed by atoms with E-state index >= 15 is 0 Å². The number of rotatable bonds is 4. The number of hydrogen-bond acceptors (Lipinski definition) is 4. The first-order chi connectivity index (χ1) is 13.6. The molecule has 7 heteroatoms. The lowest BCUT2D eigenvalue weighted by atomic mass is 9.89. The molecule has 0 bridgehead atoms. The van der Waals surface area contributed by atoms with Gasteiger partial charge in [0.05, 0.1) is 11.6 Å². The molecule has 0 saturated carbocycles. The van der Waals surface area contributed by atoms with Crippen molar-refractivity contribution < 1.29 is 24.5 Å². The van der Waals surface area contributed by atoms with E-state index in [9.17, 15) is 19.8 Å². The number of ether oxygens (including phenoxy) is 1. The van der Waals surface area contributed by atoms with E-state index in [2.05, 4.69) is 15.9 Å². The van der Waals surface area contributed by atoms with Gasteiger partial charge < -0.3 is 14.9 Å². The third-order valence-corrected chi connectivity index (χ3v) is 6.26. The highest BCUT2D eigenvalue weighted by Gasteiger charge is 2.46. The van der Waals surface area contributed by atoms with Crippen molar-refractivity contribution in [3.05, 3.63) is 51.5 Å². The second-order valence-corrected chi connectivity index (χ2v) is 8.99. The van der Waals surface area contributed by atoms with Crippen molar-refractivity contribution >= 4 is 33.5 Å². The van der Waals surface area contributed by atoms with Gasteiger partial charge >= 0.3 is 5.97 Å². The van der Waals surface area contributed by atoms with E-state index in [1.54, 1.807) is 25.1 Å². The molecule has 2 aromatic carbocycles. The molecule has 0 aliphatic carbocycles. The Kier molecular flexibility index (Phi) is 4.61. The van der Waals surface area contributed by atoms with E-state index in [0.29, 0.717) is 33.5 Å². The fraction of sp³-hybridized carbons (Fsp3) is 0.364. The molecule has 0 radical (unpaired) electrons. The third-order valence-electron chi connectivity index (χ3n) is 5.57. The minimum atomic E-state index is -1.05. The van der Waals surface area contributed by atoms with Gasteiger partial charge in [-0.1, -0.05) is 28.9 Å². The standard InChI is InChI=1S/C22H22BrNO5/c1-4-14(21(27)28)24-15-7-5-6-13(23)19(15)18(20(24)26)12-8-11-10-22(2,3)29-17(11)9-16(12)25/h5-9,14,18,25H,4,10H2,1-3H3,(H,27,28). The number of nitrogens with zero attached hydrogens (tertiary/aromatic N) is 1. The summed E-state index contributed by atoms with van der Waals surface area (Å²) >= 11 is 3.52. The van der Waals surface area contributed by atoms with E-state index in [0.717, 1.165) is 5.56 Å². The number of carboxylic acids is 1. The minimum absolute atomic E-state index is 0.0354. The van der Waals surface area contributed by atoms with Gasteiger partial charge in [0.2, 0.25) is 5.91 Å². The molecule has 6 nitrogen and oxygen atoms in total. The third kappa shape index (κ3) is 3.08. The number of fused-ring (bicyclic) bond motifs is 2. The molecule has 2 N–H and O–H groups in total. The Labute approximate surface area is 177 Å². The first-order valence-electron chi connectivity index (χ1n) is 9.53. The number of carboxylic acid groups (broad SMARTS) is 1. The first-order valence-corrected chi connectivity index (χ1v) is 10.3. The van der Waals surface area contributed by atoms with Crippen LogP contribution in [-0.4, -0.2) is 33.7 Å². The fourth-order valence-corrected chi connectivity index (χ4v) is 4.95.